The largest absolute Gasteiger partial charge is 0.497 e. The van der Waals surface area contributed by atoms with Crippen LogP contribution >= 0.6 is 11.6 Å². The lowest BCUT2D eigenvalue weighted by molar-refractivity contribution is 0.213. The Morgan fingerprint density at radius 3 is 2.73 bits per heavy atom. The minimum Gasteiger partial charge on any atom is -0.497 e. The van der Waals surface area contributed by atoms with Gasteiger partial charge in [0.1, 0.15) is 17.7 Å². The Bertz CT molecular complexity index is 1190. The lowest BCUT2D eigenvalue weighted by Crippen LogP contribution is -2.20. The van der Waals surface area contributed by atoms with Crippen LogP contribution in [0.15, 0.2) is 48.8 Å². The number of benzene rings is 2. The van der Waals surface area contributed by atoms with E-state index in [0.717, 1.165) is 72.5 Å². The van der Waals surface area contributed by atoms with E-state index >= 15 is 0 Å². The summed E-state index contributed by atoms with van der Waals surface area (Å²) < 4.78 is 25.8. The average Bonchev–Trinajstić information content (AvgIpc) is 3.27. The zero-order valence-electron chi connectivity index (χ0n) is 18.4. The molecule has 5 nitrogen and oxygen atoms in total. The van der Waals surface area contributed by atoms with Crippen molar-refractivity contribution in [2.75, 3.05) is 20.2 Å². The highest BCUT2D eigenvalue weighted by molar-refractivity contribution is 6.30. The summed E-state index contributed by atoms with van der Waals surface area (Å²) in [5.74, 6) is 0.894. The van der Waals surface area contributed by atoms with Crippen LogP contribution in [0.25, 0.3) is 11.1 Å². The smallest absolute Gasteiger partial charge is 0.232 e. The average molecular weight is 466 g/mol. The molecule has 0 radical (unpaired) electrons. The molecule has 2 aromatic carbocycles. The summed E-state index contributed by atoms with van der Waals surface area (Å²) in [6.45, 7) is 1.76. The van der Waals surface area contributed by atoms with Crippen molar-refractivity contribution in [3.05, 3.63) is 82.0 Å². The molecule has 2 heterocycles. The monoisotopic (exact) mass is 465 g/mol. The van der Waals surface area contributed by atoms with Crippen LogP contribution in [-0.2, 0) is 6.42 Å². The summed E-state index contributed by atoms with van der Waals surface area (Å²) in [5, 5.41) is 3.40. The van der Waals surface area contributed by atoms with Crippen molar-refractivity contribution in [1.82, 2.24) is 15.3 Å². The van der Waals surface area contributed by atoms with Gasteiger partial charge in [-0.15, -0.1) is 0 Å². The number of fused-ring (bicyclic) bond motifs is 1. The number of allylic oxidation sites excluding steroid dienone is 1. The molecule has 1 saturated heterocycles. The normalized spacial score (nSPS) is 18.1. The Labute approximate surface area is 197 Å². The first-order valence-corrected chi connectivity index (χ1v) is 11.6. The van der Waals surface area contributed by atoms with Crippen molar-refractivity contribution in [1.29, 1.82) is 0 Å². The molecule has 2 aliphatic rings. The van der Waals surface area contributed by atoms with Gasteiger partial charge in [0, 0.05) is 12.1 Å². The van der Waals surface area contributed by atoms with Crippen molar-refractivity contribution in [3.8, 4) is 11.6 Å². The van der Waals surface area contributed by atoms with E-state index in [9.17, 15) is 4.39 Å². The van der Waals surface area contributed by atoms with E-state index in [1.807, 2.05) is 12.1 Å². The second kappa shape index (κ2) is 9.49. The minimum absolute atomic E-state index is 0.113. The third-order valence-electron chi connectivity index (χ3n) is 6.21. The molecular formula is C26H25ClFN3O2. The number of nitrogens with zero attached hydrogens (tertiary/aromatic N) is 2. The molecule has 1 atom stereocenters. The van der Waals surface area contributed by atoms with Gasteiger partial charge in [-0.2, -0.15) is 0 Å². The molecule has 0 amide bonds. The summed E-state index contributed by atoms with van der Waals surface area (Å²) in [5.41, 5.74) is 5.74. The summed E-state index contributed by atoms with van der Waals surface area (Å²) in [4.78, 5) is 9.27. The molecule has 170 valence electrons. The third-order valence-corrected chi connectivity index (χ3v) is 6.52. The van der Waals surface area contributed by atoms with Gasteiger partial charge in [-0.1, -0.05) is 23.7 Å². The second-order valence-electron chi connectivity index (χ2n) is 8.33. The number of aryl methyl sites for hydroxylation is 1. The molecule has 0 spiro atoms. The maximum atomic E-state index is 14.4. The van der Waals surface area contributed by atoms with Crippen molar-refractivity contribution in [3.63, 3.8) is 0 Å². The summed E-state index contributed by atoms with van der Waals surface area (Å²) in [6.07, 6.45) is 7.08. The van der Waals surface area contributed by atoms with Crippen LogP contribution in [0, 0.1) is 5.82 Å². The number of methoxy groups -OCH3 is 1. The second-order valence-corrected chi connectivity index (χ2v) is 8.74. The first-order valence-electron chi connectivity index (χ1n) is 11.2. The predicted molar refractivity (Wildman–Crippen MR) is 127 cm³/mol. The molecule has 0 unspecified atom stereocenters. The number of nitrogens with one attached hydrogen (secondary N) is 1. The Morgan fingerprint density at radius 2 is 2.00 bits per heavy atom. The van der Waals surface area contributed by atoms with E-state index in [1.165, 1.54) is 11.6 Å². The molecule has 33 heavy (non-hydrogen) atoms. The van der Waals surface area contributed by atoms with Crippen molar-refractivity contribution < 1.29 is 13.9 Å². The first-order chi connectivity index (χ1) is 16.1. The maximum absolute atomic E-state index is 14.4. The highest BCUT2D eigenvalue weighted by Gasteiger charge is 2.23. The van der Waals surface area contributed by atoms with E-state index in [1.54, 1.807) is 25.6 Å². The fraction of sp³-hybridized carbons (Fsp3) is 0.308. The van der Waals surface area contributed by atoms with E-state index in [-0.39, 0.29) is 11.1 Å². The molecular weight excluding hydrogens is 441 g/mol. The van der Waals surface area contributed by atoms with Crippen LogP contribution in [0.5, 0.6) is 11.6 Å². The number of hydrogen-bond acceptors (Lipinski definition) is 5. The number of ether oxygens (including phenoxy) is 2. The van der Waals surface area contributed by atoms with Crippen LogP contribution < -0.4 is 14.8 Å². The molecule has 0 bridgehead atoms. The number of aromatic nitrogens is 2. The molecule has 1 N–H and O–H groups in total. The summed E-state index contributed by atoms with van der Waals surface area (Å²) in [6, 6.07) is 11.0. The quantitative estimate of drug-likeness (QED) is 0.553. The maximum Gasteiger partial charge on any atom is 0.232 e. The highest BCUT2D eigenvalue weighted by Crippen LogP contribution is 2.40. The van der Waals surface area contributed by atoms with Gasteiger partial charge in [-0.25, -0.2) is 14.4 Å². The Balaban J connectivity index is 1.62. The van der Waals surface area contributed by atoms with Crippen molar-refractivity contribution in [2.24, 2.45) is 0 Å². The number of rotatable bonds is 5. The van der Waals surface area contributed by atoms with Crippen LogP contribution in [0.2, 0.25) is 5.02 Å². The van der Waals surface area contributed by atoms with Crippen LogP contribution in [-0.4, -0.2) is 36.3 Å². The zero-order valence-corrected chi connectivity index (χ0v) is 19.2. The molecule has 1 aromatic heterocycles. The van der Waals surface area contributed by atoms with Gasteiger partial charge < -0.3 is 14.8 Å². The summed E-state index contributed by atoms with van der Waals surface area (Å²) in [7, 11) is 1.67. The fourth-order valence-corrected chi connectivity index (χ4v) is 4.68. The van der Waals surface area contributed by atoms with Gasteiger partial charge >= 0.3 is 0 Å². The fourth-order valence-electron chi connectivity index (χ4n) is 4.56. The Hall–Kier alpha value is -2.96. The van der Waals surface area contributed by atoms with E-state index < -0.39 is 5.82 Å². The van der Waals surface area contributed by atoms with Crippen molar-refractivity contribution in [2.45, 2.75) is 31.8 Å². The zero-order chi connectivity index (χ0) is 22.8. The van der Waals surface area contributed by atoms with E-state index in [2.05, 4.69) is 22.4 Å². The topological polar surface area (TPSA) is 56.3 Å². The number of hydrogen-bond donors (Lipinski definition) is 1. The molecule has 1 aliphatic heterocycles. The molecule has 3 aromatic rings. The molecule has 0 saturated carbocycles. The molecule has 1 aliphatic carbocycles. The van der Waals surface area contributed by atoms with Crippen LogP contribution in [0.1, 0.15) is 41.6 Å². The Morgan fingerprint density at radius 1 is 1.09 bits per heavy atom. The third kappa shape index (κ3) is 4.59. The van der Waals surface area contributed by atoms with Gasteiger partial charge in [0.15, 0.2) is 0 Å². The van der Waals surface area contributed by atoms with Gasteiger partial charge in [-0.05, 0) is 78.8 Å². The lowest BCUT2D eigenvalue weighted by atomic mass is 9.90. The van der Waals surface area contributed by atoms with E-state index in [0.29, 0.717) is 5.88 Å². The predicted octanol–water partition coefficient (Wildman–Crippen LogP) is 5.31. The molecule has 1 fully saturated rings. The van der Waals surface area contributed by atoms with Crippen LogP contribution in [0.4, 0.5) is 4.39 Å². The minimum atomic E-state index is -0.430. The van der Waals surface area contributed by atoms with Crippen molar-refractivity contribution >= 4 is 22.7 Å². The molecule has 7 heteroatoms. The lowest BCUT2D eigenvalue weighted by Gasteiger charge is -2.17. The summed E-state index contributed by atoms with van der Waals surface area (Å²) >= 11 is 5.96. The highest BCUT2D eigenvalue weighted by atomic mass is 35.5. The van der Waals surface area contributed by atoms with Gasteiger partial charge in [0.2, 0.25) is 5.88 Å². The van der Waals surface area contributed by atoms with Gasteiger partial charge in [0.25, 0.3) is 0 Å². The van der Waals surface area contributed by atoms with Gasteiger partial charge in [0.05, 0.1) is 30.2 Å². The van der Waals surface area contributed by atoms with E-state index in [4.69, 9.17) is 26.1 Å². The number of halogens is 2. The SMILES string of the molecule is COc1ccc2c(c1)CCCC(c1ccc(Cl)c(F)c1)=C2c1cnc(O[C@H]2CCNC2)cn1. The van der Waals surface area contributed by atoms with Gasteiger partial charge in [-0.3, -0.25) is 0 Å². The standard InChI is InChI=1S/C26H25ClFN3O2/c1-32-18-6-7-21-16(11-18)3-2-4-20(17-5-8-22(27)23(28)12-17)26(21)24-14-31-25(15-30-24)33-19-9-10-29-13-19/h5-8,11-12,14-15,19,29H,2-4,9-10,13H2,1H3/t19-/m0/s1. The first kappa shape index (κ1) is 21.9. The van der Waals surface area contributed by atoms with Crippen LogP contribution in [0.3, 0.4) is 0 Å². The Kier molecular flexibility index (Phi) is 6.29. The molecule has 5 rings (SSSR count).